The molecule has 0 atom stereocenters. The molecule has 2 heterocycles. The highest BCUT2D eigenvalue weighted by atomic mass is 31.2. The zero-order valence-electron chi connectivity index (χ0n) is 20.8. The molecule has 1 aliphatic rings. The van der Waals surface area contributed by atoms with E-state index >= 15 is 0 Å². The van der Waals surface area contributed by atoms with Crippen LogP contribution in [0.2, 0.25) is 0 Å². The van der Waals surface area contributed by atoms with E-state index in [1.165, 1.54) is 5.56 Å². The maximum Gasteiger partial charge on any atom is 0.255 e. The van der Waals surface area contributed by atoms with Gasteiger partial charge in [0.05, 0.1) is 0 Å². The smallest absolute Gasteiger partial charge is 0.255 e. The summed E-state index contributed by atoms with van der Waals surface area (Å²) < 4.78 is 14.4. The number of rotatable bonds is 7. The summed E-state index contributed by atoms with van der Waals surface area (Å²) in [5, 5.41) is 6.19. The first-order chi connectivity index (χ1) is 16.7. The zero-order chi connectivity index (χ0) is 25.0. The molecule has 1 aliphatic heterocycles. The van der Waals surface area contributed by atoms with E-state index in [2.05, 4.69) is 30.2 Å². The Balaban J connectivity index is 1.35. The molecule has 4 rings (SSSR count). The van der Waals surface area contributed by atoms with Gasteiger partial charge in [-0.05, 0) is 55.3 Å². The van der Waals surface area contributed by atoms with Gasteiger partial charge in [-0.2, -0.15) is 0 Å². The van der Waals surface area contributed by atoms with Crippen molar-refractivity contribution in [3.63, 3.8) is 0 Å². The Kier molecular flexibility index (Phi) is 7.65. The van der Waals surface area contributed by atoms with E-state index in [1.807, 2.05) is 75.7 Å². The van der Waals surface area contributed by atoms with E-state index < -0.39 is 7.29 Å². The Labute approximate surface area is 207 Å². The summed E-state index contributed by atoms with van der Waals surface area (Å²) in [4.78, 5) is 23.9. The van der Waals surface area contributed by atoms with E-state index in [4.69, 9.17) is 0 Å². The fourth-order valence-electron chi connectivity index (χ4n) is 4.06. The Hall–Kier alpha value is -3.06. The van der Waals surface area contributed by atoms with Crippen molar-refractivity contribution in [2.45, 2.75) is 20.4 Å². The number of hydrogen-bond donors (Lipinski definition) is 2. The largest absolute Gasteiger partial charge is 0.324 e. The molecular formula is C26H33N6O2P. The average Bonchev–Trinajstić information content (AvgIpc) is 2.81. The zero-order valence-corrected chi connectivity index (χ0v) is 21.7. The van der Waals surface area contributed by atoms with E-state index in [-0.39, 0.29) is 5.91 Å². The van der Waals surface area contributed by atoms with Gasteiger partial charge in [-0.15, -0.1) is 0 Å². The van der Waals surface area contributed by atoms with E-state index in [1.54, 1.807) is 6.20 Å². The molecule has 1 amide bonds. The van der Waals surface area contributed by atoms with E-state index in [0.717, 1.165) is 55.4 Å². The van der Waals surface area contributed by atoms with Crippen molar-refractivity contribution in [2.24, 2.45) is 0 Å². The first-order valence-corrected chi connectivity index (χ1v) is 14.3. The number of anilines is 3. The molecule has 184 valence electrons. The molecule has 8 nitrogen and oxygen atoms in total. The second-order valence-corrected chi connectivity index (χ2v) is 12.5. The van der Waals surface area contributed by atoms with Crippen molar-refractivity contribution in [1.29, 1.82) is 0 Å². The molecule has 2 N–H and O–H groups in total. The Morgan fingerprint density at radius 3 is 2.37 bits per heavy atom. The molecule has 0 aliphatic carbocycles. The fourth-order valence-corrected chi connectivity index (χ4v) is 5.20. The summed E-state index contributed by atoms with van der Waals surface area (Å²) in [6, 6.07) is 15.3. The Morgan fingerprint density at radius 1 is 1.00 bits per heavy atom. The topological polar surface area (TPSA) is 90.5 Å². The highest BCUT2D eigenvalue weighted by molar-refractivity contribution is 7.59. The second-order valence-electron chi connectivity index (χ2n) is 9.35. The number of carbonyl (C=O) groups excluding carboxylic acids is 1. The lowest BCUT2D eigenvalue weighted by Gasteiger charge is -2.36. The van der Waals surface area contributed by atoms with Crippen molar-refractivity contribution in [1.82, 2.24) is 19.5 Å². The molecule has 1 saturated heterocycles. The second kappa shape index (κ2) is 10.7. The minimum Gasteiger partial charge on any atom is -0.324 e. The lowest BCUT2D eigenvalue weighted by atomic mass is 10.1. The van der Waals surface area contributed by atoms with Crippen molar-refractivity contribution in [3.8, 4) is 0 Å². The highest BCUT2D eigenvalue weighted by Gasteiger charge is 2.24. The third kappa shape index (κ3) is 6.75. The van der Waals surface area contributed by atoms with Crippen LogP contribution >= 0.6 is 7.29 Å². The van der Waals surface area contributed by atoms with Crippen LogP contribution in [0.15, 0.2) is 54.7 Å². The summed E-state index contributed by atoms with van der Waals surface area (Å²) in [5.74, 6) is 0.326. The summed E-state index contributed by atoms with van der Waals surface area (Å²) in [6.07, 6.45) is 1.70. The number of nitrogens with one attached hydrogen (secondary N) is 2. The molecule has 3 aromatic rings. The number of hydrogen-bond acceptors (Lipinski definition) is 6. The number of benzene rings is 2. The first kappa shape index (κ1) is 25.0. The van der Waals surface area contributed by atoms with Gasteiger partial charge in [0.1, 0.15) is 7.29 Å². The van der Waals surface area contributed by atoms with Crippen LogP contribution in [0.4, 0.5) is 17.3 Å². The van der Waals surface area contributed by atoms with Crippen LogP contribution in [0.25, 0.3) is 0 Å². The van der Waals surface area contributed by atoms with Crippen molar-refractivity contribution in [3.05, 3.63) is 77.1 Å². The van der Waals surface area contributed by atoms with Gasteiger partial charge in [0.25, 0.3) is 5.91 Å². The van der Waals surface area contributed by atoms with Crippen LogP contribution < -0.4 is 10.6 Å². The molecule has 0 spiro atoms. The van der Waals surface area contributed by atoms with E-state index in [0.29, 0.717) is 11.5 Å². The third-order valence-corrected chi connectivity index (χ3v) is 7.95. The number of piperazine rings is 1. The summed E-state index contributed by atoms with van der Waals surface area (Å²) in [6.45, 7) is 11.9. The summed E-state index contributed by atoms with van der Waals surface area (Å²) in [7, 11) is -2.17. The predicted octanol–water partition coefficient (Wildman–Crippen LogP) is 4.74. The molecule has 2 aromatic carbocycles. The average molecular weight is 493 g/mol. The highest BCUT2D eigenvalue weighted by Crippen LogP contribution is 2.41. The Morgan fingerprint density at radius 2 is 1.71 bits per heavy atom. The minimum absolute atomic E-state index is 0.175. The van der Waals surface area contributed by atoms with Crippen LogP contribution in [0.3, 0.4) is 0 Å². The van der Waals surface area contributed by atoms with Gasteiger partial charge >= 0.3 is 0 Å². The number of aryl methyl sites for hydroxylation is 2. The molecule has 1 aromatic heterocycles. The van der Waals surface area contributed by atoms with Crippen LogP contribution in [-0.4, -0.2) is 65.0 Å². The van der Waals surface area contributed by atoms with Crippen molar-refractivity contribution in [2.75, 3.05) is 50.1 Å². The van der Waals surface area contributed by atoms with Crippen LogP contribution in [0, 0.1) is 13.8 Å². The quantitative estimate of drug-likeness (QED) is 0.460. The normalized spacial score (nSPS) is 15.1. The monoisotopic (exact) mass is 492 g/mol. The summed E-state index contributed by atoms with van der Waals surface area (Å²) in [5.41, 5.74) is 5.15. The number of nitrogens with zero attached hydrogens (tertiary/aromatic N) is 4. The number of amides is 1. The van der Waals surface area contributed by atoms with Gasteiger partial charge in [-0.25, -0.2) is 9.97 Å². The van der Waals surface area contributed by atoms with Gasteiger partial charge in [0.15, 0.2) is 0 Å². The Bertz CT molecular complexity index is 1230. The van der Waals surface area contributed by atoms with Crippen LogP contribution in [0.1, 0.15) is 27.2 Å². The number of carbonyl (C=O) groups is 1. The maximum atomic E-state index is 12.9. The minimum atomic E-state index is -2.17. The lowest BCUT2D eigenvalue weighted by molar-refractivity contribution is 0.102. The van der Waals surface area contributed by atoms with Crippen LogP contribution in [-0.2, 0) is 11.1 Å². The van der Waals surface area contributed by atoms with Crippen LogP contribution in [0.5, 0.6) is 0 Å². The van der Waals surface area contributed by atoms with Gasteiger partial charge in [0, 0.05) is 74.9 Å². The first-order valence-electron chi connectivity index (χ1n) is 11.8. The van der Waals surface area contributed by atoms with Gasteiger partial charge in [0.2, 0.25) is 5.95 Å². The SMILES string of the molecule is Cc1ccnc(Nc2cc(C(=O)Nc3ccc(CN4CCN(P(C)(C)=O)CC4)cc3)ccc2C)n1. The van der Waals surface area contributed by atoms with Gasteiger partial charge < -0.3 is 15.2 Å². The lowest BCUT2D eigenvalue weighted by Crippen LogP contribution is -2.44. The molecule has 9 heteroatoms. The molecule has 1 fully saturated rings. The molecule has 0 radical (unpaired) electrons. The fraction of sp³-hybridized carbons (Fsp3) is 0.346. The molecule has 0 bridgehead atoms. The maximum absolute atomic E-state index is 12.9. The molecule has 0 unspecified atom stereocenters. The molecular weight excluding hydrogens is 459 g/mol. The third-order valence-electron chi connectivity index (χ3n) is 6.19. The van der Waals surface area contributed by atoms with Crippen molar-refractivity contribution < 1.29 is 9.36 Å². The molecule has 0 saturated carbocycles. The number of aromatic nitrogens is 2. The standard InChI is InChI=1S/C26H33N6O2P/c1-19-5-8-22(17-24(19)30-26-27-12-11-20(2)28-26)25(33)29-23-9-6-21(7-10-23)18-31-13-15-32(16-14-31)35(3,4)34/h5-12,17H,13-16,18H2,1-4H3,(H,29,33)(H,27,28,30). The molecule has 35 heavy (non-hydrogen) atoms. The van der Waals surface area contributed by atoms with E-state index in [9.17, 15) is 9.36 Å². The predicted molar refractivity (Wildman–Crippen MR) is 142 cm³/mol. The van der Waals surface area contributed by atoms with Crippen molar-refractivity contribution >= 4 is 30.5 Å². The van der Waals surface area contributed by atoms with Gasteiger partial charge in [-0.3, -0.25) is 14.4 Å². The van der Waals surface area contributed by atoms with Gasteiger partial charge in [-0.1, -0.05) is 18.2 Å². The summed E-state index contributed by atoms with van der Waals surface area (Å²) >= 11 is 0.